The largest absolute Gasteiger partial charge is 0.375 e. The molecule has 0 aliphatic rings. The van der Waals surface area contributed by atoms with Crippen LogP contribution in [0.2, 0.25) is 0 Å². The summed E-state index contributed by atoms with van der Waals surface area (Å²) in [5, 5.41) is 4.39. The number of hydrogen-bond donors (Lipinski definition) is 1. The van der Waals surface area contributed by atoms with Gasteiger partial charge in [-0.05, 0) is 44.0 Å². The molecule has 1 N–H and O–H groups in total. The van der Waals surface area contributed by atoms with Gasteiger partial charge in [0, 0.05) is 29.5 Å². The van der Waals surface area contributed by atoms with Crippen molar-refractivity contribution >= 4 is 28.2 Å². The fourth-order valence-electron chi connectivity index (χ4n) is 3.08. The summed E-state index contributed by atoms with van der Waals surface area (Å²) in [6, 6.07) is 15.9. The summed E-state index contributed by atoms with van der Waals surface area (Å²) < 4.78 is 0. The number of amides is 1. The molecule has 128 valence electrons. The van der Waals surface area contributed by atoms with Gasteiger partial charge in [0.1, 0.15) is 0 Å². The Bertz CT molecular complexity index is 890. The lowest BCUT2D eigenvalue weighted by atomic mass is 10.1. The quantitative estimate of drug-likeness (QED) is 0.756. The second kappa shape index (κ2) is 7.34. The van der Waals surface area contributed by atoms with Crippen LogP contribution in [0, 0.1) is 13.8 Å². The summed E-state index contributed by atoms with van der Waals surface area (Å²) in [4.78, 5) is 19.0. The van der Waals surface area contributed by atoms with E-state index in [4.69, 9.17) is 0 Å². The normalized spacial score (nSPS) is 10.7. The molecule has 0 aliphatic carbocycles. The number of likely N-dealkylation sites (N-methyl/N-ethyl adjacent to an activating group) is 1. The SMILES string of the molecule is CCN(C(=O)CNc1c(C)cnc2c(C)cccc12)c1ccccc1. The molecule has 0 saturated heterocycles. The third-order valence-corrected chi connectivity index (χ3v) is 4.39. The Morgan fingerprint density at radius 1 is 1.04 bits per heavy atom. The van der Waals surface area contributed by atoms with E-state index in [1.54, 1.807) is 4.90 Å². The van der Waals surface area contributed by atoms with Crippen molar-refractivity contribution in [3.8, 4) is 0 Å². The highest BCUT2D eigenvalue weighted by atomic mass is 16.2. The maximum Gasteiger partial charge on any atom is 0.246 e. The molecule has 1 heterocycles. The molecule has 0 atom stereocenters. The van der Waals surface area contributed by atoms with Crippen molar-refractivity contribution in [2.75, 3.05) is 23.3 Å². The third-order valence-electron chi connectivity index (χ3n) is 4.39. The van der Waals surface area contributed by atoms with Crippen LogP contribution in [0.3, 0.4) is 0 Å². The van der Waals surface area contributed by atoms with Gasteiger partial charge in [0.05, 0.1) is 12.1 Å². The summed E-state index contributed by atoms with van der Waals surface area (Å²) in [6.07, 6.45) is 1.86. The van der Waals surface area contributed by atoms with Crippen LogP contribution in [-0.4, -0.2) is 24.0 Å². The molecule has 0 unspecified atom stereocenters. The number of pyridine rings is 1. The van der Waals surface area contributed by atoms with Gasteiger partial charge in [0.2, 0.25) is 5.91 Å². The molecule has 0 saturated carbocycles. The maximum absolute atomic E-state index is 12.7. The lowest BCUT2D eigenvalue weighted by Crippen LogP contribution is -2.35. The van der Waals surface area contributed by atoms with Crippen LogP contribution in [0.25, 0.3) is 10.9 Å². The zero-order valence-corrected chi connectivity index (χ0v) is 14.9. The fourth-order valence-corrected chi connectivity index (χ4v) is 3.08. The molecule has 25 heavy (non-hydrogen) atoms. The van der Waals surface area contributed by atoms with Gasteiger partial charge < -0.3 is 10.2 Å². The molecule has 3 aromatic rings. The Kier molecular flexibility index (Phi) is 4.98. The number of carbonyl (C=O) groups is 1. The fraction of sp³-hybridized carbons (Fsp3) is 0.238. The summed E-state index contributed by atoms with van der Waals surface area (Å²) in [6.45, 7) is 6.93. The number of nitrogens with zero attached hydrogens (tertiary/aromatic N) is 2. The molecular formula is C21H23N3O. The first-order valence-electron chi connectivity index (χ1n) is 8.56. The van der Waals surface area contributed by atoms with E-state index < -0.39 is 0 Å². The van der Waals surface area contributed by atoms with E-state index in [9.17, 15) is 4.79 Å². The number of aryl methyl sites for hydroxylation is 2. The number of para-hydroxylation sites is 2. The number of benzene rings is 2. The van der Waals surface area contributed by atoms with E-state index in [-0.39, 0.29) is 12.5 Å². The van der Waals surface area contributed by atoms with E-state index in [1.165, 1.54) is 0 Å². The number of carbonyl (C=O) groups excluding carboxylic acids is 1. The second-order valence-corrected chi connectivity index (χ2v) is 6.11. The Balaban J connectivity index is 1.84. The first-order chi connectivity index (χ1) is 12.1. The predicted octanol–water partition coefficient (Wildman–Crippen LogP) is 4.32. The van der Waals surface area contributed by atoms with Gasteiger partial charge in [-0.15, -0.1) is 0 Å². The molecule has 3 rings (SSSR count). The average molecular weight is 333 g/mol. The van der Waals surface area contributed by atoms with Crippen molar-refractivity contribution in [3.05, 3.63) is 65.9 Å². The van der Waals surface area contributed by atoms with Crippen molar-refractivity contribution in [1.82, 2.24) is 4.98 Å². The molecule has 0 aliphatic heterocycles. The molecule has 1 aromatic heterocycles. The van der Waals surface area contributed by atoms with Crippen LogP contribution in [0.1, 0.15) is 18.1 Å². The number of nitrogens with one attached hydrogen (secondary N) is 1. The van der Waals surface area contributed by atoms with Gasteiger partial charge in [-0.1, -0.05) is 36.4 Å². The summed E-state index contributed by atoms with van der Waals surface area (Å²) in [5.41, 5.74) is 5.04. The standard InChI is InChI=1S/C21H23N3O/c1-4-24(17-10-6-5-7-11-17)19(25)14-23-21-16(3)13-22-20-15(2)9-8-12-18(20)21/h5-13H,4,14H2,1-3H3,(H,22,23). The maximum atomic E-state index is 12.7. The highest BCUT2D eigenvalue weighted by molar-refractivity contribution is 5.99. The average Bonchev–Trinajstić information content (AvgIpc) is 2.62. The molecule has 0 radical (unpaired) electrons. The second-order valence-electron chi connectivity index (χ2n) is 6.11. The van der Waals surface area contributed by atoms with Gasteiger partial charge in [0.25, 0.3) is 0 Å². The molecule has 0 spiro atoms. The van der Waals surface area contributed by atoms with Crippen molar-refractivity contribution in [3.63, 3.8) is 0 Å². The number of anilines is 2. The zero-order valence-electron chi connectivity index (χ0n) is 14.9. The Morgan fingerprint density at radius 3 is 2.52 bits per heavy atom. The van der Waals surface area contributed by atoms with E-state index in [0.717, 1.165) is 33.4 Å². The van der Waals surface area contributed by atoms with Gasteiger partial charge in [-0.25, -0.2) is 0 Å². The first kappa shape index (κ1) is 17.0. The number of hydrogen-bond acceptors (Lipinski definition) is 3. The van der Waals surface area contributed by atoms with E-state index in [1.807, 2.05) is 75.5 Å². The van der Waals surface area contributed by atoms with Gasteiger partial charge in [0.15, 0.2) is 0 Å². The summed E-state index contributed by atoms with van der Waals surface area (Å²) in [5.74, 6) is 0.0470. The molecule has 4 nitrogen and oxygen atoms in total. The highest BCUT2D eigenvalue weighted by Gasteiger charge is 2.15. The van der Waals surface area contributed by atoms with Crippen LogP contribution < -0.4 is 10.2 Å². The molecular weight excluding hydrogens is 310 g/mol. The van der Waals surface area contributed by atoms with Crippen molar-refractivity contribution in [2.24, 2.45) is 0 Å². The molecule has 1 amide bonds. The van der Waals surface area contributed by atoms with Crippen molar-refractivity contribution in [1.29, 1.82) is 0 Å². The van der Waals surface area contributed by atoms with E-state index in [0.29, 0.717) is 6.54 Å². The van der Waals surface area contributed by atoms with E-state index >= 15 is 0 Å². The van der Waals surface area contributed by atoms with Crippen molar-refractivity contribution < 1.29 is 4.79 Å². The minimum absolute atomic E-state index is 0.0470. The number of aromatic nitrogens is 1. The Morgan fingerprint density at radius 2 is 1.80 bits per heavy atom. The summed E-state index contributed by atoms with van der Waals surface area (Å²) >= 11 is 0. The Hall–Kier alpha value is -2.88. The minimum atomic E-state index is 0.0470. The number of fused-ring (bicyclic) bond motifs is 1. The van der Waals surface area contributed by atoms with Gasteiger partial charge in [-0.2, -0.15) is 0 Å². The van der Waals surface area contributed by atoms with Crippen molar-refractivity contribution in [2.45, 2.75) is 20.8 Å². The van der Waals surface area contributed by atoms with Crippen LogP contribution in [0.4, 0.5) is 11.4 Å². The number of rotatable bonds is 5. The first-order valence-corrected chi connectivity index (χ1v) is 8.56. The highest BCUT2D eigenvalue weighted by Crippen LogP contribution is 2.27. The lowest BCUT2D eigenvalue weighted by Gasteiger charge is -2.22. The van der Waals surface area contributed by atoms with Crippen LogP contribution in [0.15, 0.2) is 54.7 Å². The molecule has 4 heteroatoms. The molecule has 0 fully saturated rings. The van der Waals surface area contributed by atoms with Crippen LogP contribution in [0.5, 0.6) is 0 Å². The monoisotopic (exact) mass is 333 g/mol. The topological polar surface area (TPSA) is 45.2 Å². The predicted molar refractivity (Wildman–Crippen MR) is 104 cm³/mol. The van der Waals surface area contributed by atoms with Crippen LogP contribution in [-0.2, 0) is 4.79 Å². The third kappa shape index (κ3) is 3.48. The molecule has 2 aromatic carbocycles. The smallest absolute Gasteiger partial charge is 0.246 e. The summed E-state index contributed by atoms with van der Waals surface area (Å²) in [7, 11) is 0. The van der Waals surface area contributed by atoms with Gasteiger partial charge >= 0.3 is 0 Å². The molecule has 0 bridgehead atoms. The van der Waals surface area contributed by atoms with Crippen LogP contribution >= 0.6 is 0 Å². The van der Waals surface area contributed by atoms with Gasteiger partial charge in [-0.3, -0.25) is 9.78 Å². The Labute approximate surface area is 148 Å². The zero-order chi connectivity index (χ0) is 17.8. The lowest BCUT2D eigenvalue weighted by molar-refractivity contribution is -0.116. The van der Waals surface area contributed by atoms with E-state index in [2.05, 4.69) is 10.3 Å². The minimum Gasteiger partial charge on any atom is -0.375 e.